The molecule has 0 aliphatic carbocycles. The van der Waals surface area contributed by atoms with Crippen molar-refractivity contribution in [2.75, 3.05) is 38.0 Å². The third-order valence-corrected chi connectivity index (χ3v) is 13.3. The quantitative estimate of drug-likeness (QED) is 0.0646. The summed E-state index contributed by atoms with van der Waals surface area (Å²) in [5.41, 5.74) is -24.6. The van der Waals surface area contributed by atoms with Gasteiger partial charge >= 0.3 is 77.8 Å². The van der Waals surface area contributed by atoms with Crippen molar-refractivity contribution >= 4 is 72.1 Å². The Bertz CT molecular complexity index is 4160. The zero-order valence-corrected chi connectivity index (χ0v) is 63.7. The van der Waals surface area contributed by atoms with Crippen molar-refractivity contribution in [2.45, 2.75) is 33.0 Å². The fourth-order valence-corrected chi connectivity index (χ4v) is 5.17. The molecule has 8 aromatic heterocycles. The van der Waals surface area contributed by atoms with E-state index in [2.05, 4.69) is 39.9 Å². The molecule has 0 bridgehead atoms. The van der Waals surface area contributed by atoms with Gasteiger partial charge in [-0.25, -0.2) is 60.5 Å². The average Bonchev–Trinajstić information content (AvgIpc) is 0.838. The van der Waals surface area contributed by atoms with Gasteiger partial charge in [0.1, 0.15) is 0 Å². The second kappa shape index (κ2) is 48.5. The predicted molar refractivity (Wildman–Crippen MR) is 339 cm³/mol. The van der Waals surface area contributed by atoms with Crippen molar-refractivity contribution in [1.29, 1.82) is 0 Å². The molecule has 1 aromatic carbocycles. The maximum Gasteiger partial charge on any atom is 3.00 e. The van der Waals surface area contributed by atoms with Gasteiger partial charge in [-0.2, -0.15) is 79.0 Å². The van der Waals surface area contributed by atoms with Crippen LogP contribution in [0.15, 0.2) is 219 Å². The van der Waals surface area contributed by atoms with Crippen LogP contribution >= 0.6 is 0 Å². The minimum Gasteiger partial charge on any atom is -0.741 e. The van der Waals surface area contributed by atoms with E-state index in [1.165, 1.54) is 11.4 Å². The van der Waals surface area contributed by atoms with Gasteiger partial charge in [0.25, 0.3) is 0 Å². The van der Waals surface area contributed by atoms with Gasteiger partial charge in [-0.3, -0.25) is 29.9 Å². The van der Waals surface area contributed by atoms with Gasteiger partial charge in [-0.05, 0) is 97.1 Å². The number of anilines is 2. The van der Waals surface area contributed by atoms with Crippen LogP contribution in [-0.2, 0) is 105 Å². The number of nitrogens with zero attached hydrogens (tertiary/aromatic N) is 10. The van der Waals surface area contributed by atoms with Crippen LogP contribution in [0.3, 0.4) is 0 Å². The van der Waals surface area contributed by atoms with E-state index in [4.69, 9.17) is 77.8 Å². The van der Waals surface area contributed by atoms with Crippen molar-refractivity contribution in [1.82, 2.24) is 39.9 Å². The third-order valence-electron chi connectivity index (χ3n) is 9.93. The number of halogens is 18. The first kappa shape index (κ1) is 108. The molecule has 0 unspecified atom stereocenters. The minimum absolute atomic E-state index is 0. The average molecular weight is 2080 g/mol. The summed E-state index contributed by atoms with van der Waals surface area (Å²) >= 11 is 0. The molecule has 28 nitrogen and oxygen atoms in total. The molecule has 0 spiro atoms. The Morgan fingerprint density at radius 1 is 0.236 bits per heavy atom. The largest absolute Gasteiger partial charge is 3.00 e. The molecule has 614 valence electrons. The van der Waals surface area contributed by atoms with Crippen LogP contribution in [0.5, 0.6) is 0 Å². The Balaban J connectivity index is -0.000000574. The van der Waals surface area contributed by atoms with E-state index in [0.717, 1.165) is 45.6 Å². The zero-order chi connectivity index (χ0) is 84.0. The molecule has 8 heterocycles. The molecule has 0 saturated carbocycles. The SMILES string of the molecule is CN(C)c1ccncc1.CN(C)c1ccncc1.O=S(=O)([O-])C(F)(F)F.O=S(=O)([O-])C(F)(F)F.O=S(=O)([O-])C(F)(F)F.O=S(=O)([O-])C(F)(F)F.O=S(=O)([O-])C(F)(F)F.O=S(=O)([O-])C(F)(F)F.[Au+3].[Au+3].c1ccc(-c2cccc(-c3ccccn3)n2)nc1.c1ccc(-c2cccc(-c3ccccn3)n2)nc1.c1ccccc1. The Labute approximate surface area is 645 Å². The van der Waals surface area contributed by atoms with Crippen LogP contribution in [-0.4, -0.2) is 179 Å². The topological polar surface area (TPSA) is 453 Å². The number of alkyl halides is 18. The van der Waals surface area contributed by atoms with E-state index in [1.807, 2.05) is 208 Å². The first-order chi connectivity index (χ1) is 49.0. The van der Waals surface area contributed by atoms with E-state index in [1.54, 1.807) is 49.6 Å². The Morgan fingerprint density at radius 3 is 0.491 bits per heavy atom. The van der Waals surface area contributed by atoms with Crippen molar-refractivity contribution in [2.24, 2.45) is 0 Å². The van der Waals surface area contributed by atoms with Crippen LogP contribution in [0.4, 0.5) is 90.4 Å². The van der Waals surface area contributed by atoms with E-state index < -0.39 is 93.8 Å². The second-order valence-electron chi connectivity index (χ2n) is 18.4. The number of pyridine rings is 8. The molecular weight excluding hydrogens is 2030 g/mol. The van der Waals surface area contributed by atoms with Gasteiger partial charge < -0.3 is 37.1 Å². The summed E-state index contributed by atoms with van der Waals surface area (Å²) in [6.07, 6.45) is 14.2. The summed E-state index contributed by atoms with van der Waals surface area (Å²) in [6, 6.07) is 54.8. The van der Waals surface area contributed by atoms with E-state index >= 15 is 0 Å². The van der Waals surface area contributed by atoms with Crippen LogP contribution in [0, 0.1) is 0 Å². The predicted octanol–water partition coefficient (Wildman–Crippen LogP) is 10.7. The van der Waals surface area contributed by atoms with E-state index in [-0.39, 0.29) is 44.8 Å². The summed E-state index contributed by atoms with van der Waals surface area (Å²) in [7, 11) is -28.5. The van der Waals surface area contributed by atoms with Crippen molar-refractivity contribution in [3.05, 3.63) is 219 Å². The van der Waals surface area contributed by atoms with Gasteiger partial charge in [0.15, 0.2) is 60.7 Å². The number of hydrogen-bond acceptors (Lipinski definition) is 28. The standard InChI is InChI=1S/2C15H11N3.2C7H10N2.C6H6.6CHF3O3S.2Au/c2*1-3-10-16-12(6-1)14-8-5-9-15(18-14)13-7-2-4-11-17-13;2*1-9(2)7-3-5-8-6-4-7;1-2-4-6-5-3-1;6*2-1(3,4)8(5,6)7;;/h2*1-11H;2*3-6H,1-2H3;1-6H;6*(H,5,6,7);;/q;;;;;;;;;;;2*+3/p-6. The van der Waals surface area contributed by atoms with E-state index in [0.29, 0.717) is 0 Å². The summed E-state index contributed by atoms with van der Waals surface area (Å²) in [5, 5.41) is 0. The van der Waals surface area contributed by atoms with E-state index in [9.17, 15) is 79.0 Å². The molecule has 54 heteroatoms. The summed E-state index contributed by atoms with van der Waals surface area (Å²) in [6.45, 7) is 0. The first-order valence-corrected chi connectivity index (χ1v) is 35.3. The number of benzene rings is 1. The number of hydrogen-bond donors (Lipinski definition) is 0. The molecule has 0 saturated heterocycles. The number of aromatic nitrogens is 8. The Kier molecular flexibility index (Phi) is 47.6. The normalized spacial score (nSPS) is 11.4. The smallest absolute Gasteiger partial charge is 0.741 e. The molecule has 0 amide bonds. The summed E-state index contributed by atoms with van der Waals surface area (Å²) in [4.78, 5) is 38.3. The summed E-state index contributed by atoms with van der Waals surface area (Å²) < 4.78 is 353. The molecular formula is C56H48Au2F18N10O18S6. The van der Waals surface area contributed by atoms with Crippen LogP contribution in [0.25, 0.3) is 45.6 Å². The molecule has 9 aromatic rings. The second-order valence-corrected chi connectivity index (χ2v) is 26.7. The van der Waals surface area contributed by atoms with Gasteiger partial charge in [0.2, 0.25) is 0 Å². The molecule has 0 aliphatic rings. The monoisotopic (exact) mass is 2080 g/mol. The molecule has 0 radical (unpaired) electrons. The van der Waals surface area contributed by atoms with Crippen molar-refractivity contribution < 1.29 is 202 Å². The fraction of sp³-hybridized carbons (Fsp3) is 0.179. The van der Waals surface area contributed by atoms with Crippen LogP contribution in [0.2, 0.25) is 0 Å². The maximum absolute atomic E-state index is 10.7. The molecule has 0 aliphatic heterocycles. The molecule has 9 rings (SSSR count). The van der Waals surface area contributed by atoms with Gasteiger partial charge in [-0.1, -0.05) is 72.8 Å². The first-order valence-electron chi connectivity index (χ1n) is 26.8. The van der Waals surface area contributed by atoms with Crippen LogP contribution in [0.1, 0.15) is 0 Å². The van der Waals surface area contributed by atoms with Gasteiger partial charge in [-0.15, -0.1) is 0 Å². The van der Waals surface area contributed by atoms with Gasteiger partial charge in [0, 0.05) is 89.1 Å². The minimum atomic E-state index is -6.09. The Hall–Kier alpha value is -8.30. The molecule has 0 atom stereocenters. The van der Waals surface area contributed by atoms with Gasteiger partial charge in [0.05, 0.1) is 45.6 Å². The Morgan fingerprint density at radius 2 is 0.382 bits per heavy atom. The number of rotatable bonds is 6. The van der Waals surface area contributed by atoms with Crippen LogP contribution < -0.4 is 9.80 Å². The molecule has 0 fully saturated rings. The van der Waals surface area contributed by atoms with Crippen molar-refractivity contribution in [3.8, 4) is 45.6 Å². The maximum atomic E-state index is 10.7. The summed E-state index contributed by atoms with van der Waals surface area (Å²) in [5.74, 6) is 0. The third kappa shape index (κ3) is 47.0. The zero-order valence-electron chi connectivity index (χ0n) is 54.5. The molecule has 110 heavy (non-hydrogen) atoms. The molecule has 0 N–H and O–H groups in total. The fourth-order valence-electron chi connectivity index (χ4n) is 5.17. The van der Waals surface area contributed by atoms with Crippen molar-refractivity contribution in [3.63, 3.8) is 0 Å².